The summed E-state index contributed by atoms with van der Waals surface area (Å²) in [7, 11) is 3.09. The van der Waals surface area contributed by atoms with Gasteiger partial charge in [-0.1, -0.05) is 37.6 Å². The number of carbonyl (C=O) groups is 3. The Morgan fingerprint density at radius 3 is 2.60 bits per heavy atom. The SMILES string of the molecule is COc1cccc([C@H]2O[C@H](Cc3ncc(CCC(=O)O)s3)C(=O)N(CC(C)(C)COC(C)=O)c3ccc(Cl)cc32)c1OC. The first-order valence-corrected chi connectivity index (χ1v) is 14.9. The molecule has 2 heterocycles. The molecule has 0 aliphatic carbocycles. The number of carbonyl (C=O) groups excluding carboxylic acids is 2. The van der Waals surface area contributed by atoms with Gasteiger partial charge in [0.1, 0.15) is 12.2 Å². The van der Waals surface area contributed by atoms with Crippen LogP contribution in [-0.4, -0.2) is 61.4 Å². The normalized spacial score (nSPS) is 16.8. The Labute approximate surface area is 259 Å². The fraction of sp³-hybridized carbons (Fsp3) is 0.419. The standard InChI is InChI=1S/C31H35ClN2O8S/c1-18(35)41-17-31(2,3)16-34-23-11-9-19(32)13-22(23)28(21-7-6-8-24(39-4)29(21)40-5)42-25(30(34)38)14-26-33-15-20(43-26)10-12-27(36)37/h6-9,11,13,15,25,28H,10,12,14,16-17H2,1-5H3,(H,36,37)/t25-,28-/m1/s1. The predicted molar refractivity (Wildman–Crippen MR) is 162 cm³/mol. The third kappa shape index (κ3) is 7.84. The van der Waals surface area contributed by atoms with Crippen molar-refractivity contribution >= 4 is 46.5 Å². The van der Waals surface area contributed by atoms with Gasteiger partial charge in [-0.05, 0) is 30.7 Å². The third-order valence-electron chi connectivity index (χ3n) is 6.92. The average Bonchev–Trinajstić information content (AvgIpc) is 3.39. The van der Waals surface area contributed by atoms with Crippen LogP contribution in [0.2, 0.25) is 5.02 Å². The minimum Gasteiger partial charge on any atom is -0.493 e. The van der Waals surface area contributed by atoms with E-state index in [0.29, 0.717) is 44.8 Å². The van der Waals surface area contributed by atoms with Crippen molar-refractivity contribution in [3.63, 3.8) is 0 Å². The summed E-state index contributed by atoms with van der Waals surface area (Å²) in [6.45, 7) is 5.50. The molecule has 0 saturated carbocycles. The molecule has 12 heteroatoms. The number of carboxylic acid groups (broad SMARTS) is 1. The summed E-state index contributed by atoms with van der Waals surface area (Å²) >= 11 is 7.87. The van der Waals surface area contributed by atoms with Crippen LogP contribution in [0.3, 0.4) is 0 Å². The van der Waals surface area contributed by atoms with Crippen molar-refractivity contribution in [2.24, 2.45) is 5.41 Å². The van der Waals surface area contributed by atoms with E-state index in [1.165, 1.54) is 25.4 Å². The first kappa shape index (κ1) is 32.2. The molecule has 10 nitrogen and oxygen atoms in total. The van der Waals surface area contributed by atoms with Crippen molar-refractivity contribution in [2.45, 2.75) is 52.2 Å². The molecule has 0 saturated heterocycles. The number of benzene rings is 2. The highest BCUT2D eigenvalue weighted by atomic mass is 35.5. The molecule has 1 amide bonds. The Hall–Kier alpha value is -3.67. The second-order valence-electron chi connectivity index (χ2n) is 11.0. The highest BCUT2D eigenvalue weighted by molar-refractivity contribution is 7.11. The minimum absolute atomic E-state index is 0.0144. The van der Waals surface area contributed by atoms with Crippen molar-refractivity contribution in [3.05, 3.63) is 68.6 Å². The average molecular weight is 631 g/mol. The van der Waals surface area contributed by atoms with Crippen LogP contribution in [0.4, 0.5) is 5.69 Å². The van der Waals surface area contributed by atoms with Crippen LogP contribution in [-0.2, 0) is 36.7 Å². The van der Waals surface area contributed by atoms with Gasteiger partial charge in [0.25, 0.3) is 5.91 Å². The molecule has 1 aliphatic heterocycles. The third-order valence-corrected chi connectivity index (χ3v) is 8.23. The zero-order valence-corrected chi connectivity index (χ0v) is 26.3. The van der Waals surface area contributed by atoms with E-state index in [1.807, 2.05) is 26.0 Å². The number of aliphatic carboxylic acids is 1. The molecule has 0 spiro atoms. The Morgan fingerprint density at radius 1 is 1.16 bits per heavy atom. The maximum atomic E-state index is 14.4. The number of thiazole rings is 1. The molecule has 1 aliphatic rings. The predicted octanol–water partition coefficient (Wildman–Crippen LogP) is 5.48. The molecule has 0 unspecified atom stereocenters. The van der Waals surface area contributed by atoms with Crippen LogP contribution >= 0.6 is 22.9 Å². The lowest BCUT2D eigenvalue weighted by molar-refractivity contribution is -0.144. The molecule has 2 aromatic carbocycles. The van der Waals surface area contributed by atoms with Gasteiger partial charge in [0.15, 0.2) is 11.5 Å². The summed E-state index contributed by atoms with van der Waals surface area (Å²) < 4.78 is 23.3. The molecule has 4 rings (SSSR count). The van der Waals surface area contributed by atoms with Crippen molar-refractivity contribution in [2.75, 3.05) is 32.3 Å². The number of esters is 1. The van der Waals surface area contributed by atoms with Gasteiger partial charge < -0.3 is 29.0 Å². The summed E-state index contributed by atoms with van der Waals surface area (Å²) in [6.07, 6.45) is 0.370. The number of methoxy groups -OCH3 is 2. The topological polar surface area (TPSA) is 124 Å². The number of aromatic nitrogens is 1. The molecule has 0 radical (unpaired) electrons. The monoisotopic (exact) mass is 630 g/mol. The highest BCUT2D eigenvalue weighted by Crippen LogP contribution is 2.45. The van der Waals surface area contributed by atoms with E-state index in [9.17, 15) is 14.4 Å². The minimum atomic E-state index is -0.977. The number of carboxylic acids is 1. The van der Waals surface area contributed by atoms with E-state index >= 15 is 0 Å². The number of para-hydroxylation sites is 1. The van der Waals surface area contributed by atoms with Gasteiger partial charge in [0.2, 0.25) is 0 Å². The molecular formula is C31H35ClN2O8S. The number of hydrogen-bond donors (Lipinski definition) is 1. The van der Waals surface area contributed by atoms with E-state index < -0.39 is 29.6 Å². The number of anilines is 1. The van der Waals surface area contributed by atoms with E-state index in [0.717, 1.165) is 4.88 Å². The number of ether oxygens (including phenoxy) is 4. The summed E-state index contributed by atoms with van der Waals surface area (Å²) in [5.74, 6) is -0.638. The number of fused-ring (bicyclic) bond motifs is 1. The smallest absolute Gasteiger partial charge is 0.303 e. The van der Waals surface area contributed by atoms with Crippen LogP contribution in [0, 0.1) is 5.41 Å². The molecule has 2 atom stereocenters. The number of rotatable bonds is 12. The van der Waals surface area contributed by atoms with Gasteiger partial charge in [0.05, 0.1) is 32.3 Å². The zero-order chi connectivity index (χ0) is 31.3. The lowest BCUT2D eigenvalue weighted by Crippen LogP contribution is -2.46. The molecule has 230 valence electrons. The van der Waals surface area contributed by atoms with Gasteiger partial charge in [-0.15, -0.1) is 11.3 Å². The lowest BCUT2D eigenvalue weighted by atomic mass is 9.92. The lowest BCUT2D eigenvalue weighted by Gasteiger charge is -2.33. The maximum Gasteiger partial charge on any atom is 0.303 e. The number of amides is 1. The van der Waals surface area contributed by atoms with Crippen molar-refractivity contribution < 1.29 is 38.4 Å². The number of nitrogens with zero attached hydrogens (tertiary/aromatic N) is 2. The fourth-order valence-electron chi connectivity index (χ4n) is 4.94. The van der Waals surface area contributed by atoms with Crippen LogP contribution in [0.1, 0.15) is 54.3 Å². The first-order chi connectivity index (χ1) is 20.4. The molecule has 1 aromatic heterocycles. The Balaban J connectivity index is 1.82. The van der Waals surface area contributed by atoms with Crippen molar-refractivity contribution in [1.82, 2.24) is 4.98 Å². The van der Waals surface area contributed by atoms with Gasteiger partial charge in [0, 0.05) is 58.2 Å². The van der Waals surface area contributed by atoms with Crippen LogP contribution in [0.15, 0.2) is 42.6 Å². The molecule has 0 fully saturated rings. The zero-order valence-electron chi connectivity index (χ0n) is 24.7. The highest BCUT2D eigenvalue weighted by Gasteiger charge is 2.40. The van der Waals surface area contributed by atoms with E-state index in [1.54, 1.807) is 42.5 Å². The van der Waals surface area contributed by atoms with E-state index in [2.05, 4.69) is 4.98 Å². The van der Waals surface area contributed by atoms with Crippen LogP contribution in [0.25, 0.3) is 0 Å². The van der Waals surface area contributed by atoms with Gasteiger partial charge in [-0.3, -0.25) is 14.4 Å². The second-order valence-corrected chi connectivity index (χ2v) is 12.6. The number of aryl methyl sites for hydroxylation is 1. The molecule has 0 bridgehead atoms. The second kappa shape index (κ2) is 13.7. The quantitative estimate of drug-likeness (QED) is 0.259. The molecule has 3 aromatic rings. The first-order valence-electron chi connectivity index (χ1n) is 13.7. The molecular weight excluding hydrogens is 596 g/mol. The molecule has 43 heavy (non-hydrogen) atoms. The van der Waals surface area contributed by atoms with Crippen LogP contribution < -0.4 is 14.4 Å². The van der Waals surface area contributed by atoms with E-state index in [-0.39, 0.29) is 31.9 Å². The number of halogens is 1. The Kier molecular flexibility index (Phi) is 10.3. The van der Waals surface area contributed by atoms with Crippen molar-refractivity contribution in [1.29, 1.82) is 0 Å². The van der Waals surface area contributed by atoms with E-state index in [4.69, 9.17) is 35.7 Å². The Morgan fingerprint density at radius 2 is 1.93 bits per heavy atom. The Bertz CT molecular complexity index is 1490. The summed E-state index contributed by atoms with van der Waals surface area (Å²) in [6, 6.07) is 10.7. The summed E-state index contributed by atoms with van der Waals surface area (Å²) in [5.41, 5.74) is 1.29. The number of hydrogen-bond acceptors (Lipinski definition) is 9. The van der Waals surface area contributed by atoms with Crippen molar-refractivity contribution in [3.8, 4) is 11.5 Å². The largest absolute Gasteiger partial charge is 0.493 e. The molecule has 1 N–H and O–H groups in total. The van der Waals surface area contributed by atoms with Crippen LogP contribution in [0.5, 0.6) is 11.5 Å². The maximum absolute atomic E-state index is 14.4. The summed E-state index contributed by atoms with van der Waals surface area (Å²) in [4.78, 5) is 44.0. The van der Waals surface area contributed by atoms with Gasteiger partial charge >= 0.3 is 11.9 Å². The fourth-order valence-corrected chi connectivity index (χ4v) is 6.08. The summed E-state index contributed by atoms with van der Waals surface area (Å²) in [5, 5.41) is 10.2. The van der Waals surface area contributed by atoms with Gasteiger partial charge in [-0.2, -0.15) is 0 Å². The van der Waals surface area contributed by atoms with Gasteiger partial charge in [-0.25, -0.2) is 4.98 Å².